The topological polar surface area (TPSA) is 103 Å². The Hall–Kier alpha value is -3.37. The first-order chi connectivity index (χ1) is 12.4. The Morgan fingerprint density at radius 3 is 2.08 bits per heavy atom. The molecule has 3 aromatic rings. The van der Waals surface area contributed by atoms with E-state index in [1.165, 1.54) is 10.8 Å². The van der Waals surface area contributed by atoms with Crippen molar-refractivity contribution in [1.29, 1.82) is 5.26 Å². The molecule has 0 fully saturated rings. The van der Waals surface area contributed by atoms with Crippen LogP contribution in [0.2, 0.25) is 0 Å². The number of nitriles is 1. The third-order valence-corrected chi connectivity index (χ3v) is 4.38. The predicted molar refractivity (Wildman–Crippen MR) is 97.5 cm³/mol. The molecular weight excluding hydrogens is 400 g/mol. The second-order valence-corrected chi connectivity index (χ2v) is 6.33. The van der Waals surface area contributed by atoms with Crippen LogP contribution in [0.4, 0.5) is 0 Å². The molecule has 0 bridgehead atoms. The van der Waals surface area contributed by atoms with Crippen LogP contribution in [0.5, 0.6) is 0 Å². The summed E-state index contributed by atoms with van der Waals surface area (Å²) < 4.78 is 2.15. The zero-order valence-corrected chi connectivity index (χ0v) is 14.8. The molecule has 0 aliphatic carbocycles. The van der Waals surface area contributed by atoms with Gasteiger partial charge in [0.05, 0.1) is 11.6 Å². The van der Waals surface area contributed by atoms with Gasteiger partial charge in [0.15, 0.2) is 0 Å². The van der Waals surface area contributed by atoms with Gasteiger partial charge in [-0.15, -0.1) is 0 Å². The molecule has 3 rings (SSSR count). The fraction of sp³-hybridized carbons (Fsp3) is 0. The minimum Gasteiger partial charge on any atom is -0.478 e. The van der Waals surface area contributed by atoms with E-state index in [0.29, 0.717) is 16.8 Å². The number of rotatable bonds is 4. The number of hydrogen-bond acceptors (Lipinski definition) is 3. The lowest BCUT2D eigenvalue weighted by Crippen LogP contribution is -2.11. The van der Waals surface area contributed by atoms with Crippen LogP contribution in [-0.4, -0.2) is 26.7 Å². The maximum atomic E-state index is 11.8. The van der Waals surface area contributed by atoms with Crippen molar-refractivity contribution in [2.75, 3.05) is 0 Å². The number of aromatic carboxylic acids is 2. The average Bonchev–Trinajstić information content (AvgIpc) is 3.03. The van der Waals surface area contributed by atoms with E-state index in [9.17, 15) is 19.8 Å². The van der Waals surface area contributed by atoms with Gasteiger partial charge in [0.25, 0.3) is 0 Å². The Labute approximate surface area is 156 Å². The normalized spacial score (nSPS) is 10.3. The molecule has 128 valence electrons. The summed E-state index contributed by atoms with van der Waals surface area (Å²) in [5.41, 5.74) is 1.09. The van der Waals surface area contributed by atoms with Crippen LogP contribution in [0, 0.1) is 11.3 Å². The van der Waals surface area contributed by atoms with Gasteiger partial charge >= 0.3 is 11.9 Å². The highest BCUT2D eigenvalue weighted by Gasteiger charge is 2.27. The number of carbonyl (C=O) groups is 2. The van der Waals surface area contributed by atoms with E-state index in [1.54, 1.807) is 48.5 Å². The summed E-state index contributed by atoms with van der Waals surface area (Å²) in [4.78, 5) is 23.6. The largest absolute Gasteiger partial charge is 0.478 e. The van der Waals surface area contributed by atoms with Crippen LogP contribution in [0.3, 0.4) is 0 Å². The van der Waals surface area contributed by atoms with Crippen molar-refractivity contribution in [2.24, 2.45) is 0 Å². The molecule has 0 amide bonds. The fourth-order valence-corrected chi connectivity index (χ4v) is 2.95. The average molecular weight is 411 g/mol. The SMILES string of the molecule is N#Cc1ccc(-c2cn(-c3ccc(Br)cc3)c(C(=O)O)c2C(=O)O)cc1. The van der Waals surface area contributed by atoms with E-state index >= 15 is 0 Å². The number of hydrogen-bond donors (Lipinski definition) is 2. The van der Waals surface area contributed by atoms with Gasteiger partial charge < -0.3 is 14.8 Å². The van der Waals surface area contributed by atoms with E-state index in [0.717, 1.165) is 4.47 Å². The van der Waals surface area contributed by atoms with Crippen molar-refractivity contribution < 1.29 is 19.8 Å². The summed E-state index contributed by atoms with van der Waals surface area (Å²) in [6.07, 6.45) is 1.48. The molecule has 0 saturated heterocycles. The number of carboxylic acids is 2. The van der Waals surface area contributed by atoms with Gasteiger partial charge in [-0.05, 0) is 42.0 Å². The van der Waals surface area contributed by atoms with Crippen LogP contribution in [0.1, 0.15) is 26.4 Å². The molecule has 0 saturated carbocycles. The van der Waals surface area contributed by atoms with Gasteiger partial charge in [0.1, 0.15) is 11.3 Å². The molecule has 2 aromatic carbocycles. The number of aromatic nitrogens is 1. The van der Waals surface area contributed by atoms with Crippen molar-refractivity contribution in [3.05, 3.63) is 76.0 Å². The number of benzene rings is 2. The molecule has 6 nitrogen and oxygen atoms in total. The first-order valence-corrected chi connectivity index (χ1v) is 8.20. The zero-order valence-electron chi connectivity index (χ0n) is 13.2. The quantitative estimate of drug-likeness (QED) is 0.671. The number of halogens is 1. The molecule has 0 spiro atoms. The second kappa shape index (κ2) is 6.86. The Balaban J connectivity index is 2.29. The Kier molecular flexibility index (Phi) is 4.61. The van der Waals surface area contributed by atoms with E-state index < -0.39 is 11.9 Å². The Morgan fingerprint density at radius 1 is 0.962 bits per heavy atom. The molecule has 2 N–H and O–H groups in total. The van der Waals surface area contributed by atoms with Crippen LogP contribution in [0.15, 0.2) is 59.2 Å². The smallest absolute Gasteiger partial charge is 0.353 e. The highest BCUT2D eigenvalue weighted by atomic mass is 79.9. The van der Waals surface area contributed by atoms with Gasteiger partial charge in [-0.25, -0.2) is 9.59 Å². The lowest BCUT2D eigenvalue weighted by molar-refractivity contribution is 0.0646. The predicted octanol–water partition coefficient (Wildman–Crippen LogP) is 4.17. The summed E-state index contributed by atoms with van der Waals surface area (Å²) in [7, 11) is 0. The van der Waals surface area contributed by atoms with E-state index in [-0.39, 0.29) is 16.8 Å². The van der Waals surface area contributed by atoms with Gasteiger partial charge in [0, 0.05) is 21.9 Å². The van der Waals surface area contributed by atoms with Gasteiger partial charge in [0.2, 0.25) is 0 Å². The first-order valence-electron chi connectivity index (χ1n) is 7.40. The van der Waals surface area contributed by atoms with E-state index in [4.69, 9.17) is 5.26 Å². The van der Waals surface area contributed by atoms with Crippen LogP contribution >= 0.6 is 15.9 Å². The van der Waals surface area contributed by atoms with Crippen LogP contribution in [0.25, 0.3) is 16.8 Å². The lowest BCUT2D eigenvalue weighted by atomic mass is 10.0. The minimum absolute atomic E-state index is 0.266. The van der Waals surface area contributed by atoms with E-state index in [2.05, 4.69) is 15.9 Å². The molecule has 0 aliphatic rings. The van der Waals surface area contributed by atoms with Gasteiger partial charge in [-0.3, -0.25) is 0 Å². The van der Waals surface area contributed by atoms with Crippen molar-refractivity contribution in [1.82, 2.24) is 4.57 Å². The molecular formula is C19H11BrN2O4. The maximum absolute atomic E-state index is 11.8. The molecule has 0 radical (unpaired) electrons. The number of carboxylic acid groups (broad SMARTS) is 2. The second-order valence-electron chi connectivity index (χ2n) is 5.41. The standard InChI is InChI=1S/C19H11BrN2O4/c20-13-5-7-14(8-6-13)22-10-15(12-3-1-11(9-21)2-4-12)16(18(23)24)17(22)19(25)26/h1-8,10H,(H,23,24)(H,25,26). The summed E-state index contributed by atoms with van der Waals surface area (Å²) in [5.74, 6) is -2.68. The summed E-state index contributed by atoms with van der Waals surface area (Å²) in [6.45, 7) is 0. The molecule has 1 heterocycles. The van der Waals surface area contributed by atoms with E-state index in [1.807, 2.05) is 6.07 Å². The molecule has 0 aliphatic heterocycles. The molecule has 7 heteroatoms. The third kappa shape index (κ3) is 3.10. The number of nitrogens with zero attached hydrogens (tertiary/aromatic N) is 2. The first kappa shape index (κ1) is 17.5. The highest BCUT2D eigenvalue weighted by molar-refractivity contribution is 9.10. The molecule has 0 atom stereocenters. The van der Waals surface area contributed by atoms with Crippen molar-refractivity contribution in [2.45, 2.75) is 0 Å². The van der Waals surface area contributed by atoms with Gasteiger partial charge in [-0.1, -0.05) is 28.1 Å². The Bertz CT molecular complexity index is 1040. The lowest BCUT2D eigenvalue weighted by Gasteiger charge is -2.06. The highest BCUT2D eigenvalue weighted by Crippen LogP contribution is 2.31. The van der Waals surface area contributed by atoms with Crippen LogP contribution in [-0.2, 0) is 0 Å². The Morgan fingerprint density at radius 2 is 1.58 bits per heavy atom. The molecule has 1 aromatic heterocycles. The fourth-order valence-electron chi connectivity index (χ4n) is 2.68. The maximum Gasteiger partial charge on any atom is 0.353 e. The summed E-state index contributed by atoms with van der Waals surface area (Å²) in [5, 5.41) is 28.1. The van der Waals surface area contributed by atoms with Crippen molar-refractivity contribution in [3.8, 4) is 22.9 Å². The minimum atomic E-state index is -1.34. The summed E-state index contributed by atoms with van der Waals surface area (Å²) >= 11 is 3.31. The monoisotopic (exact) mass is 410 g/mol. The summed E-state index contributed by atoms with van der Waals surface area (Å²) in [6, 6.07) is 15.1. The van der Waals surface area contributed by atoms with Crippen molar-refractivity contribution in [3.63, 3.8) is 0 Å². The van der Waals surface area contributed by atoms with Crippen molar-refractivity contribution >= 4 is 27.9 Å². The zero-order chi connectivity index (χ0) is 18.8. The van der Waals surface area contributed by atoms with Gasteiger partial charge in [-0.2, -0.15) is 5.26 Å². The third-order valence-electron chi connectivity index (χ3n) is 3.85. The molecule has 26 heavy (non-hydrogen) atoms. The van der Waals surface area contributed by atoms with Crippen LogP contribution < -0.4 is 0 Å². The molecule has 0 unspecified atom stereocenters.